The zero-order valence-electron chi connectivity index (χ0n) is 21.1. The molecule has 8 heteroatoms. The van der Waals surface area contributed by atoms with Crippen LogP contribution in [0.5, 0.6) is 11.5 Å². The fourth-order valence-electron chi connectivity index (χ4n) is 4.50. The molecule has 0 heterocycles. The molecule has 1 aliphatic carbocycles. The molecule has 0 aromatic heterocycles. The predicted molar refractivity (Wildman–Crippen MR) is 130 cm³/mol. The fourth-order valence-corrected chi connectivity index (χ4v) is 4.50. The summed E-state index contributed by atoms with van der Waals surface area (Å²) in [5.41, 5.74) is 1.81. The van der Waals surface area contributed by atoms with Crippen LogP contribution in [0.1, 0.15) is 87.2 Å². The Hall–Kier alpha value is -3.42. The van der Waals surface area contributed by atoms with Crippen LogP contribution in [0.15, 0.2) is 29.9 Å². The van der Waals surface area contributed by atoms with Crippen molar-refractivity contribution in [3.8, 4) is 11.5 Å². The lowest BCUT2D eigenvalue weighted by atomic mass is 9.72. The van der Waals surface area contributed by atoms with Crippen LogP contribution in [0.2, 0.25) is 0 Å². The maximum atomic E-state index is 13.0. The van der Waals surface area contributed by atoms with Crippen LogP contribution in [0.25, 0.3) is 0 Å². The topological polar surface area (TPSA) is 116 Å². The first-order chi connectivity index (χ1) is 16.5. The second-order valence-corrected chi connectivity index (χ2v) is 8.80. The highest BCUT2D eigenvalue weighted by Gasteiger charge is 2.37. The van der Waals surface area contributed by atoms with Crippen LogP contribution >= 0.6 is 0 Å². The third-order valence-corrected chi connectivity index (χ3v) is 6.11. The Morgan fingerprint density at radius 1 is 1.11 bits per heavy atom. The van der Waals surface area contributed by atoms with Gasteiger partial charge in [-0.2, -0.15) is 0 Å². The molecular weight excluding hydrogens is 452 g/mol. The Balaban J connectivity index is 2.95. The molecule has 35 heavy (non-hydrogen) atoms. The number of carbonyl (C=O) groups excluding carboxylic acids is 3. The van der Waals surface area contributed by atoms with E-state index in [4.69, 9.17) is 14.2 Å². The Morgan fingerprint density at radius 2 is 1.77 bits per heavy atom. The lowest BCUT2D eigenvalue weighted by molar-refractivity contribution is -0.134. The van der Waals surface area contributed by atoms with Gasteiger partial charge in [-0.1, -0.05) is 38.0 Å². The smallest absolute Gasteiger partial charge is 0.341 e. The molecule has 1 aliphatic rings. The Morgan fingerprint density at radius 3 is 2.31 bits per heavy atom. The van der Waals surface area contributed by atoms with Gasteiger partial charge in [-0.3, -0.25) is 9.59 Å². The van der Waals surface area contributed by atoms with Crippen molar-refractivity contribution in [3.63, 3.8) is 0 Å². The quantitative estimate of drug-likeness (QED) is 0.159. The van der Waals surface area contributed by atoms with Crippen LogP contribution in [0.3, 0.4) is 0 Å². The number of methoxy groups -OCH3 is 1. The number of hydrogen-bond donors (Lipinski definition) is 1. The Bertz CT molecular complexity index is 1050. The molecule has 0 bridgehead atoms. The highest BCUT2D eigenvalue weighted by atomic mass is 16.6. The molecule has 0 saturated carbocycles. The largest absolute Gasteiger partial charge is 0.478 e. The average Bonchev–Trinajstić information content (AvgIpc) is 2.77. The fraction of sp³-hybridized carbons (Fsp3) is 0.481. The van der Waals surface area contributed by atoms with Crippen molar-refractivity contribution in [3.05, 3.63) is 46.6 Å². The summed E-state index contributed by atoms with van der Waals surface area (Å²) in [7, 11) is 1.23. The van der Waals surface area contributed by atoms with Gasteiger partial charge >= 0.3 is 23.9 Å². The number of allylic oxidation sites excluding steroid dienone is 2. The van der Waals surface area contributed by atoms with Crippen LogP contribution in [0, 0.1) is 5.92 Å². The summed E-state index contributed by atoms with van der Waals surface area (Å²) >= 11 is 0. The summed E-state index contributed by atoms with van der Waals surface area (Å²) in [5.74, 6) is -4.33. The zero-order valence-corrected chi connectivity index (χ0v) is 21.1. The standard InChI is InChI=1S/C27H34O8/c1-7-8-9-10-19-14-22(34-17(4)28)24(25(35-18(5)29)23(19)27(32)33-6)21-13-15(2)11-12-20(21)16(3)26(30)31/h13-14,20-21H,3,7-12H2,1-2,4-6H3,(H,30,31)/t20-,21-/m0/s1. The number of ether oxygens (including phenoxy) is 3. The van der Waals surface area contributed by atoms with Crippen molar-refractivity contribution in [2.45, 2.75) is 72.1 Å². The van der Waals surface area contributed by atoms with Crippen LogP contribution < -0.4 is 9.47 Å². The minimum Gasteiger partial charge on any atom is -0.478 e. The normalized spacial score (nSPS) is 17.2. The summed E-state index contributed by atoms with van der Waals surface area (Å²) in [6.45, 7) is 10.2. The number of aliphatic carboxylic acids is 1. The second-order valence-electron chi connectivity index (χ2n) is 8.80. The lowest BCUT2D eigenvalue weighted by Gasteiger charge is -2.33. The number of carboxylic acid groups (broad SMARTS) is 1. The molecule has 1 aromatic carbocycles. The van der Waals surface area contributed by atoms with Gasteiger partial charge in [-0.05, 0) is 44.2 Å². The van der Waals surface area contributed by atoms with E-state index >= 15 is 0 Å². The van der Waals surface area contributed by atoms with Gasteiger partial charge in [0.15, 0.2) is 5.75 Å². The summed E-state index contributed by atoms with van der Waals surface area (Å²) < 4.78 is 16.2. The average molecular weight is 487 g/mol. The molecule has 0 aliphatic heterocycles. The second kappa shape index (κ2) is 12.3. The molecule has 0 fully saturated rings. The first-order valence-corrected chi connectivity index (χ1v) is 11.8. The molecule has 190 valence electrons. The van der Waals surface area contributed by atoms with Gasteiger partial charge in [0.05, 0.1) is 7.11 Å². The van der Waals surface area contributed by atoms with Crippen molar-refractivity contribution < 1.29 is 38.5 Å². The number of aryl methyl sites for hydroxylation is 1. The molecule has 0 amide bonds. The lowest BCUT2D eigenvalue weighted by Crippen LogP contribution is -2.25. The van der Waals surface area contributed by atoms with Crippen molar-refractivity contribution in [1.29, 1.82) is 0 Å². The minimum atomic E-state index is -1.15. The zero-order chi connectivity index (χ0) is 26.3. The van der Waals surface area contributed by atoms with Crippen LogP contribution in [-0.4, -0.2) is 36.1 Å². The van der Waals surface area contributed by atoms with E-state index in [1.807, 2.05) is 19.9 Å². The molecule has 8 nitrogen and oxygen atoms in total. The predicted octanol–water partition coefficient (Wildman–Crippen LogP) is 5.14. The van der Waals surface area contributed by atoms with Gasteiger partial charge in [-0.15, -0.1) is 0 Å². The third kappa shape index (κ3) is 6.81. The number of hydrogen-bond acceptors (Lipinski definition) is 7. The molecule has 0 spiro atoms. The molecule has 1 aromatic rings. The van der Waals surface area contributed by atoms with Crippen LogP contribution in [-0.2, 0) is 25.5 Å². The van der Waals surface area contributed by atoms with E-state index < -0.39 is 35.7 Å². The maximum Gasteiger partial charge on any atom is 0.341 e. The van der Waals surface area contributed by atoms with Gasteiger partial charge in [-0.25, -0.2) is 9.59 Å². The van der Waals surface area contributed by atoms with Gasteiger partial charge < -0.3 is 19.3 Å². The van der Waals surface area contributed by atoms with E-state index in [-0.39, 0.29) is 28.2 Å². The Labute approximate surface area is 205 Å². The number of rotatable bonds is 10. The number of benzene rings is 1. The molecule has 2 atom stereocenters. The van der Waals surface area contributed by atoms with Gasteiger partial charge in [0, 0.05) is 36.8 Å². The van der Waals surface area contributed by atoms with E-state index in [9.17, 15) is 24.3 Å². The summed E-state index contributed by atoms with van der Waals surface area (Å²) in [5, 5.41) is 9.67. The summed E-state index contributed by atoms with van der Waals surface area (Å²) in [6, 6.07) is 1.60. The monoisotopic (exact) mass is 486 g/mol. The van der Waals surface area contributed by atoms with Crippen molar-refractivity contribution in [1.82, 2.24) is 0 Å². The highest BCUT2D eigenvalue weighted by molar-refractivity contribution is 5.97. The highest BCUT2D eigenvalue weighted by Crippen LogP contribution is 2.49. The van der Waals surface area contributed by atoms with E-state index in [1.54, 1.807) is 6.07 Å². The first kappa shape index (κ1) is 27.8. The number of esters is 3. The first-order valence-electron chi connectivity index (χ1n) is 11.8. The van der Waals surface area contributed by atoms with Crippen molar-refractivity contribution in [2.75, 3.05) is 7.11 Å². The maximum absolute atomic E-state index is 13.0. The SMILES string of the molecule is C=C(C(=O)O)[C@@H]1CCC(C)=C[C@@H]1c1c(OC(C)=O)cc(CCCCC)c(C(=O)OC)c1OC(C)=O. The van der Waals surface area contributed by atoms with Crippen molar-refractivity contribution in [2.24, 2.45) is 5.92 Å². The number of carboxylic acids is 1. The minimum absolute atomic E-state index is 0.0204. The van der Waals surface area contributed by atoms with E-state index in [1.165, 1.54) is 21.0 Å². The van der Waals surface area contributed by atoms with Crippen molar-refractivity contribution >= 4 is 23.9 Å². The number of carbonyl (C=O) groups is 4. The molecule has 1 N–H and O–H groups in total. The molecule has 0 radical (unpaired) electrons. The molecule has 0 unspecified atom stereocenters. The van der Waals surface area contributed by atoms with Gasteiger partial charge in [0.1, 0.15) is 11.3 Å². The summed E-state index contributed by atoms with van der Waals surface area (Å²) in [4.78, 5) is 49.1. The number of unbranched alkanes of at least 4 members (excludes halogenated alkanes) is 2. The third-order valence-electron chi connectivity index (χ3n) is 6.11. The van der Waals surface area contributed by atoms with E-state index in [0.29, 0.717) is 24.8 Å². The Kier molecular flexibility index (Phi) is 9.80. The summed E-state index contributed by atoms with van der Waals surface area (Å²) in [6.07, 6.45) is 6.05. The molecule has 0 saturated heterocycles. The molecular formula is C27H34O8. The van der Waals surface area contributed by atoms with Gasteiger partial charge in [0.25, 0.3) is 0 Å². The molecule has 2 rings (SSSR count). The van der Waals surface area contributed by atoms with E-state index in [0.717, 1.165) is 24.8 Å². The van der Waals surface area contributed by atoms with E-state index in [2.05, 4.69) is 6.58 Å². The van der Waals surface area contributed by atoms with Gasteiger partial charge in [0.2, 0.25) is 0 Å². The van der Waals surface area contributed by atoms with Crippen LogP contribution in [0.4, 0.5) is 0 Å².